The highest BCUT2D eigenvalue weighted by molar-refractivity contribution is 5.98. The minimum Gasteiger partial charge on any atom is -0.497 e. The van der Waals surface area contributed by atoms with Crippen LogP contribution in [0.5, 0.6) is 11.5 Å². The predicted octanol–water partition coefficient (Wildman–Crippen LogP) is 3.98. The quantitative estimate of drug-likeness (QED) is 0.805. The molecule has 2 aromatic rings. The van der Waals surface area contributed by atoms with Crippen LogP contribution in [0.1, 0.15) is 53.6 Å². The van der Waals surface area contributed by atoms with E-state index in [4.69, 9.17) is 9.47 Å². The van der Waals surface area contributed by atoms with E-state index in [-0.39, 0.29) is 12.0 Å². The molecule has 0 bridgehead atoms. The molecule has 1 fully saturated rings. The summed E-state index contributed by atoms with van der Waals surface area (Å²) in [5.41, 5.74) is 3.07. The van der Waals surface area contributed by atoms with Crippen molar-refractivity contribution in [3.8, 4) is 11.5 Å². The van der Waals surface area contributed by atoms with E-state index >= 15 is 0 Å². The third-order valence-corrected chi connectivity index (χ3v) is 6.07. The van der Waals surface area contributed by atoms with Crippen molar-refractivity contribution in [2.75, 3.05) is 26.7 Å². The second-order valence-electron chi connectivity index (χ2n) is 7.96. The van der Waals surface area contributed by atoms with Gasteiger partial charge in [0.1, 0.15) is 17.6 Å². The van der Waals surface area contributed by atoms with E-state index in [0.717, 1.165) is 55.1 Å². The zero-order chi connectivity index (χ0) is 20.2. The van der Waals surface area contributed by atoms with Crippen LogP contribution in [-0.2, 0) is 6.54 Å². The molecular weight excluding hydrogens is 364 g/mol. The predicted molar refractivity (Wildman–Crippen MR) is 114 cm³/mol. The molecule has 2 aliphatic rings. The first-order valence-electron chi connectivity index (χ1n) is 10.6. The van der Waals surface area contributed by atoms with Crippen molar-refractivity contribution < 1.29 is 14.3 Å². The van der Waals surface area contributed by atoms with E-state index in [0.29, 0.717) is 12.5 Å². The molecule has 2 unspecified atom stereocenters. The molecule has 1 N–H and O–H groups in total. The summed E-state index contributed by atoms with van der Waals surface area (Å²) < 4.78 is 11.8. The monoisotopic (exact) mass is 394 g/mol. The number of carbonyl (C=O) groups is 1. The third-order valence-electron chi connectivity index (χ3n) is 6.07. The van der Waals surface area contributed by atoms with E-state index < -0.39 is 0 Å². The number of benzene rings is 2. The first kappa shape index (κ1) is 19.8. The molecule has 5 nitrogen and oxygen atoms in total. The molecule has 0 spiro atoms. The molecule has 154 valence electrons. The Morgan fingerprint density at radius 3 is 2.59 bits per heavy atom. The normalized spacial score (nSPS) is 21.9. The minimum atomic E-state index is -0.00728. The van der Waals surface area contributed by atoms with Gasteiger partial charge in [0.25, 0.3) is 5.91 Å². The van der Waals surface area contributed by atoms with E-state index in [9.17, 15) is 4.79 Å². The van der Waals surface area contributed by atoms with Crippen molar-refractivity contribution >= 4 is 5.91 Å². The number of methoxy groups -OCH3 is 1. The van der Waals surface area contributed by atoms with Crippen molar-refractivity contribution in [1.29, 1.82) is 0 Å². The van der Waals surface area contributed by atoms with E-state index in [1.165, 1.54) is 12.0 Å². The fraction of sp³-hybridized carbons (Fsp3) is 0.458. The van der Waals surface area contributed by atoms with Gasteiger partial charge in [-0.1, -0.05) is 25.1 Å². The Balaban J connectivity index is 1.58. The lowest BCUT2D eigenvalue weighted by atomic mass is 9.89. The van der Waals surface area contributed by atoms with Crippen LogP contribution in [0.25, 0.3) is 0 Å². The largest absolute Gasteiger partial charge is 0.497 e. The molecule has 0 radical (unpaired) electrons. The number of hydrogen-bond acceptors (Lipinski definition) is 4. The standard InChI is InChI=1S/C24H30N2O3/c1-3-12-26-13-10-21(17-4-7-19(28-2)8-5-17)23(11-14-26)29-20-9-6-18-16-25-24(27)22(18)15-20/h4-9,15,21,23H,3,10-14,16H2,1-2H3,(H,25,27). The fourth-order valence-electron chi connectivity index (χ4n) is 4.48. The molecule has 2 atom stereocenters. The number of ether oxygens (including phenoxy) is 2. The molecule has 2 aromatic carbocycles. The molecule has 4 rings (SSSR count). The number of nitrogens with one attached hydrogen (secondary N) is 1. The van der Waals surface area contributed by atoms with Crippen LogP contribution >= 0.6 is 0 Å². The van der Waals surface area contributed by atoms with Gasteiger partial charge in [0.2, 0.25) is 0 Å². The molecule has 1 saturated heterocycles. The average molecular weight is 395 g/mol. The molecule has 1 amide bonds. The highest BCUT2D eigenvalue weighted by Crippen LogP contribution is 2.33. The maximum absolute atomic E-state index is 12.0. The number of nitrogens with zero attached hydrogens (tertiary/aromatic N) is 1. The van der Waals surface area contributed by atoms with Crippen LogP contribution in [0.3, 0.4) is 0 Å². The van der Waals surface area contributed by atoms with Crippen molar-refractivity contribution in [3.05, 3.63) is 59.2 Å². The smallest absolute Gasteiger partial charge is 0.252 e. The van der Waals surface area contributed by atoms with Gasteiger partial charge >= 0.3 is 0 Å². The molecule has 2 aliphatic heterocycles. The second-order valence-corrected chi connectivity index (χ2v) is 7.96. The molecule has 5 heteroatoms. The summed E-state index contributed by atoms with van der Waals surface area (Å²) in [6.45, 7) is 6.09. The highest BCUT2D eigenvalue weighted by atomic mass is 16.5. The van der Waals surface area contributed by atoms with Gasteiger partial charge in [0.15, 0.2) is 0 Å². The Kier molecular flexibility index (Phi) is 6.05. The highest BCUT2D eigenvalue weighted by Gasteiger charge is 2.30. The SMILES string of the molecule is CCCN1CCC(Oc2ccc3c(c2)C(=O)NC3)C(c2ccc(OC)cc2)CC1. The number of likely N-dealkylation sites (tertiary alicyclic amines) is 1. The van der Waals surface area contributed by atoms with Gasteiger partial charge in [-0.2, -0.15) is 0 Å². The zero-order valence-electron chi connectivity index (χ0n) is 17.3. The summed E-state index contributed by atoms with van der Waals surface area (Å²) in [7, 11) is 1.69. The molecule has 0 aliphatic carbocycles. The molecule has 29 heavy (non-hydrogen) atoms. The van der Waals surface area contributed by atoms with Gasteiger partial charge in [-0.3, -0.25) is 4.79 Å². The van der Waals surface area contributed by atoms with E-state index in [1.807, 2.05) is 30.3 Å². The zero-order valence-corrected chi connectivity index (χ0v) is 17.3. The number of hydrogen-bond donors (Lipinski definition) is 1. The number of rotatable bonds is 6. The first-order valence-corrected chi connectivity index (χ1v) is 10.6. The topological polar surface area (TPSA) is 50.8 Å². The lowest BCUT2D eigenvalue weighted by Crippen LogP contribution is -2.27. The summed E-state index contributed by atoms with van der Waals surface area (Å²) in [6.07, 6.45) is 3.27. The van der Waals surface area contributed by atoms with Crippen molar-refractivity contribution in [2.45, 2.75) is 44.8 Å². The average Bonchev–Trinajstić information content (AvgIpc) is 3.00. The molecule has 0 saturated carbocycles. The van der Waals surface area contributed by atoms with E-state index in [2.05, 4.69) is 29.3 Å². The lowest BCUT2D eigenvalue weighted by molar-refractivity contribution is 0.0964. The summed E-state index contributed by atoms with van der Waals surface area (Å²) in [5, 5.41) is 2.88. The van der Waals surface area contributed by atoms with Crippen LogP contribution < -0.4 is 14.8 Å². The number of fused-ring (bicyclic) bond motifs is 1. The maximum atomic E-state index is 12.0. The first-order chi connectivity index (χ1) is 14.2. The van der Waals surface area contributed by atoms with Crippen molar-refractivity contribution in [1.82, 2.24) is 10.2 Å². The van der Waals surface area contributed by atoms with E-state index in [1.54, 1.807) is 7.11 Å². The summed E-state index contributed by atoms with van der Waals surface area (Å²) in [6, 6.07) is 14.3. The Bertz CT molecular complexity index is 850. The number of amides is 1. The van der Waals surface area contributed by atoms with Crippen molar-refractivity contribution in [2.24, 2.45) is 0 Å². The minimum absolute atomic E-state index is 0.00728. The van der Waals surface area contributed by atoms with Crippen molar-refractivity contribution in [3.63, 3.8) is 0 Å². The van der Waals surface area contributed by atoms with Crippen LogP contribution in [0.15, 0.2) is 42.5 Å². The van der Waals surface area contributed by atoms with Gasteiger partial charge in [0, 0.05) is 24.6 Å². The Morgan fingerprint density at radius 1 is 1.07 bits per heavy atom. The fourth-order valence-corrected chi connectivity index (χ4v) is 4.48. The van der Waals surface area contributed by atoms with Crippen LogP contribution in [0.2, 0.25) is 0 Å². The van der Waals surface area contributed by atoms with Crippen LogP contribution in [0, 0.1) is 0 Å². The Hall–Kier alpha value is -2.53. The maximum Gasteiger partial charge on any atom is 0.252 e. The number of carbonyl (C=O) groups excluding carboxylic acids is 1. The van der Waals surface area contributed by atoms with Gasteiger partial charge in [0.05, 0.1) is 7.11 Å². The van der Waals surface area contributed by atoms with Crippen LogP contribution in [-0.4, -0.2) is 43.7 Å². The molecular formula is C24H30N2O3. The van der Waals surface area contributed by atoms with Gasteiger partial charge in [-0.15, -0.1) is 0 Å². The summed E-state index contributed by atoms with van der Waals surface area (Å²) in [5.74, 6) is 1.96. The van der Waals surface area contributed by atoms with Crippen LogP contribution in [0.4, 0.5) is 0 Å². The van der Waals surface area contributed by atoms with Gasteiger partial charge in [-0.05, 0) is 67.7 Å². The molecule has 2 heterocycles. The van der Waals surface area contributed by atoms with Gasteiger partial charge in [-0.25, -0.2) is 0 Å². The Labute approximate surface area is 173 Å². The summed E-state index contributed by atoms with van der Waals surface area (Å²) in [4.78, 5) is 14.6. The summed E-state index contributed by atoms with van der Waals surface area (Å²) >= 11 is 0. The molecule has 0 aromatic heterocycles. The lowest BCUT2D eigenvalue weighted by Gasteiger charge is -2.26. The van der Waals surface area contributed by atoms with Gasteiger partial charge < -0.3 is 19.7 Å². The second kappa shape index (κ2) is 8.87. The third kappa shape index (κ3) is 4.40. The Morgan fingerprint density at radius 2 is 1.83 bits per heavy atom.